The molecule has 122 valence electrons. The van der Waals surface area contributed by atoms with Crippen molar-refractivity contribution in [2.24, 2.45) is 7.05 Å². The van der Waals surface area contributed by atoms with Crippen LogP contribution in [-0.4, -0.2) is 34.5 Å². The van der Waals surface area contributed by atoms with Crippen LogP contribution in [0.5, 0.6) is 0 Å². The van der Waals surface area contributed by atoms with Crippen molar-refractivity contribution in [3.05, 3.63) is 59.7 Å². The van der Waals surface area contributed by atoms with Crippen molar-refractivity contribution in [1.82, 2.24) is 9.47 Å². The van der Waals surface area contributed by atoms with E-state index in [0.29, 0.717) is 17.8 Å². The number of carbonyl (C=O) groups is 2. The summed E-state index contributed by atoms with van der Waals surface area (Å²) in [6, 6.07) is 9.42. The molecule has 2 rings (SSSR count). The number of aromatic nitrogens is 1. The molecule has 1 aromatic heterocycles. The van der Waals surface area contributed by atoms with Gasteiger partial charge in [0.05, 0.1) is 0 Å². The number of halogens is 1. The number of amides is 1. The monoisotopic (exact) mass is 318 g/mol. The number of benzene rings is 1. The molecule has 1 aromatic carbocycles. The Morgan fingerprint density at radius 2 is 2.04 bits per heavy atom. The topological polar surface area (TPSA) is 51.5 Å². The zero-order valence-electron chi connectivity index (χ0n) is 13.2. The molecule has 0 saturated heterocycles. The van der Waals surface area contributed by atoms with Crippen LogP contribution < -0.4 is 0 Å². The predicted octanol–water partition coefficient (Wildman–Crippen LogP) is 2.37. The number of aryl methyl sites for hydroxylation is 1. The van der Waals surface area contributed by atoms with Gasteiger partial charge in [-0.1, -0.05) is 12.1 Å². The van der Waals surface area contributed by atoms with Gasteiger partial charge in [0.15, 0.2) is 6.61 Å². The highest BCUT2D eigenvalue weighted by Crippen LogP contribution is 2.08. The summed E-state index contributed by atoms with van der Waals surface area (Å²) in [5.41, 5.74) is 1.07. The fourth-order valence-corrected chi connectivity index (χ4v) is 2.20. The second-order valence-electron chi connectivity index (χ2n) is 5.12. The Kier molecular flexibility index (Phi) is 5.51. The van der Waals surface area contributed by atoms with Gasteiger partial charge in [0, 0.05) is 26.3 Å². The standard InChI is InChI=1S/C17H19FN2O3/c1-3-20(11-13-6-4-7-14(18)10-13)16(21)12-23-17(22)15-8-5-9-19(15)2/h4-10H,3,11-12H2,1-2H3. The minimum Gasteiger partial charge on any atom is -0.451 e. The third-order valence-electron chi connectivity index (χ3n) is 3.48. The first-order valence-corrected chi connectivity index (χ1v) is 7.32. The first kappa shape index (κ1) is 16.7. The Balaban J connectivity index is 1.92. The molecule has 1 amide bonds. The lowest BCUT2D eigenvalue weighted by Gasteiger charge is -2.21. The third kappa shape index (κ3) is 4.42. The van der Waals surface area contributed by atoms with E-state index in [1.54, 1.807) is 42.1 Å². The number of rotatable bonds is 6. The van der Waals surface area contributed by atoms with Gasteiger partial charge < -0.3 is 14.2 Å². The summed E-state index contributed by atoms with van der Waals surface area (Å²) >= 11 is 0. The number of nitrogens with zero attached hydrogens (tertiary/aromatic N) is 2. The second kappa shape index (κ2) is 7.58. The predicted molar refractivity (Wildman–Crippen MR) is 83.2 cm³/mol. The van der Waals surface area contributed by atoms with E-state index >= 15 is 0 Å². The summed E-state index contributed by atoms with van der Waals surface area (Å²) in [5.74, 6) is -1.21. The minimum atomic E-state index is -0.548. The van der Waals surface area contributed by atoms with Crippen LogP contribution in [0.3, 0.4) is 0 Å². The molecule has 0 radical (unpaired) electrons. The molecule has 2 aromatic rings. The Bertz CT molecular complexity index is 697. The molecule has 1 heterocycles. The van der Waals surface area contributed by atoms with E-state index in [2.05, 4.69) is 0 Å². The number of likely N-dealkylation sites (N-methyl/N-ethyl adjacent to an activating group) is 1. The van der Waals surface area contributed by atoms with Crippen LogP contribution in [0.4, 0.5) is 4.39 Å². The molecule has 0 saturated carbocycles. The normalized spacial score (nSPS) is 10.4. The fraction of sp³-hybridized carbons (Fsp3) is 0.294. The van der Waals surface area contributed by atoms with Gasteiger partial charge in [0.1, 0.15) is 11.5 Å². The summed E-state index contributed by atoms with van der Waals surface area (Å²) < 4.78 is 19.9. The summed E-state index contributed by atoms with van der Waals surface area (Å²) in [7, 11) is 1.72. The van der Waals surface area contributed by atoms with Gasteiger partial charge in [-0.05, 0) is 36.8 Å². The molecule has 0 bridgehead atoms. The molecule has 0 aliphatic carbocycles. The second-order valence-corrected chi connectivity index (χ2v) is 5.12. The van der Waals surface area contributed by atoms with Gasteiger partial charge in [-0.2, -0.15) is 0 Å². The molecule has 0 aliphatic heterocycles. The van der Waals surface area contributed by atoms with Crippen LogP contribution in [0, 0.1) is 5.82 Å². The zero-order chi connectivity index (χ0) is 16.8. The van der Waals surface area contributed by atoms with Crippen molar-refractivity contribution < 1.29 is 18.7 Å². The number of carbonyl (C=O) groups excluding carboxylic acids is 2. The molecule has 0 unspecified atom stereocenters. The van der Waals surface area contributed by atoms with Crippen molar-refractivity contribution >= 4 is 11.9 Å². The smallest absolute Gasteiger partial charge is 0.355 e. The van der Waals surface area contributed by atoms with E-state index in [-0.39, 0.29) is 24.9 Å². The molecule has 0 aliphatic rings. The maximum atomic E-state index is 13.2. The molecule has 6 heteroatoms. The van der Waals surface area contributed by atoms with Crippen molar-refractivity contribution in [2.75, 3.05) is 13.2 Å². The molecule has 0 fully saturated rings. The first-order chi connectivity index (χ1) is 11.0. The maximum Gasteiger partial charge on any atom is 0.355 e. The quantitative estimate of drug-likeness (QED) is 0.768. The minimum absolute atomic E-state index is 0.273. The molecule has 5 nitrogen and oxygen atoms in total. The van der Waals surface area contributed by atoms with Gasteiger partial charge in [-0.15, -0.1) is 0 Å². The van der Waals surface area contributed by atoms with Crippen LogP contribution in [0.15, 0.2) is 42.6 Å². The van der Waals surface area contributed by atoms with E-state index in [1.165, 1.54) is 17.0 Å². The van der Waals surface area contributed by atoms with Gasteiger partial charge in [0.2, 0.25) is 0 Å². The number of hydrogen-bond acceptors (Lipinski definition) is 3. The zero-order valence-corrected chi connectivity index (χ0v) is 13.2. The van der Waals surface area contributed by atoms with Crippen molar-refractivity contribution in [1.29, 1.82) is 0 Å². The van der Waals surface area contributed by atoms with Crippen LogP contribution in [0.1, 0.15) is 23.0 Å². The lowest BCUT2D eigenvalue weighted by molar-refractivity contribution is -0.135. The lowest BCUT2D eigenvalue weighted by atomic mass is 10.2. The molecular weight excluding hydrogens is 299 g/mol. The van der Waals surface area contributed by atoms with Crippen molar-refractivity contribution in [2.45, 2.75) is 13.5 Å². The first-order valence-electron chi connectivity index (χ1n) is 7.32. The average molecular weight is 318 g/mol. The Labute approximate surface area is 134 Å². The van der Waals surface area contributed by atoms with Crippen LogP contribution in [-0.2, 0) is 23.1 Å². The van der Waals surface area contributed by atoms with E-state index < -0.39 is 5.97 Å². The molecule has 0 spiro atoms. The Hall–Kier alpha value is -2.63. The van der Waals surface area contributed by atoms with Crippen LogP contribution >= 0.6 is 0 Å². The Morgan fingerprint density at radius 1 is 1.26 bits per heavy atom. The summed E-state index contributed by atoms with van der Waals surface area (Å²) in [4.78, 5) is 25.6. The molecule has 23 heavy (non-hydrogen) atoms. The highest BCUT2D eigenvalue weighted by molar-refractivity contribution is 5.89. The van der Waals surface area contributed by atoms with E-state index in [1.807, 2.05) is 6.92 Å². The van der Waals surface area contributed by atoms with Crippen molar-refractivity contribution in [3.63, 3.8) is 0 Å². The SMILES string of the molecule is CCN(Cc1cccc(F)c1)C(=O)COC(=O)c1cccn1C. The number of ether oxygens (including phenoxy) is 1. The number of esters is 1. The summed E-state index contributed by atoms with van der Waals surface area (Å²) in [6.07, 6.45) is 1.72. The largest absolute Gasteiger partial charge is 0.451 e. The van der Waals surface area contributed by atoms with E-state index in [4.69, 9.17) is 4.74 Å². The van der Waals surface area contributed by atoms with E-state index in [0.717, 1.165) is 0 Å². The fourth-order valence-electron chi connectivity index (χ4n) is 2.20. The third-order valence-corrected chi connectivity index (χ3v) is 3.48. The Morgan fingerprint density at radius 3 is 2.65 bits per heavy atom. The summed E-state index contributed by atoms with van der Waals surface area (Å²) in [6.45, 7) is 2.19. The van der Waals surface area contributed by atoms with Crippen LogP contribution in [0.25, 0.3) is 0 Å². The van der Waals surface area contributed by atoms with Crippen LogP contribution in [0.2, 0.25) is 0 Å². The average Bonchev–Trinajstić information content (AvgIpc) is 2.96. The highest BCUT2D eigenvalue weighted by atomic mass is 19.1. The van der Waals surface area contributed by atoms with E-state index in [9.17, 15) is 14.0 Å². The number of hydrogen-bond donors (Lipinski definition) is 0. The highest BCUT2D eigenvalue weighted by Gasteiger charge is 2.17. The molecule has 0 N–H and O–H groups in total. The molecular formula is C17H19FN2O3. The van der Waals surface area contributed by atoms with Crippen molar-refractivity contribution in [3.8, 4) is 0 Å². The van der Waals surface area contributed by atoms with Gasteiger partial charge in [0.25, 0.3) is 5.91 Å². The van der Waals surface area contributed by atoms with Gasteiger partial charge >= 0.3 is 5.97 Å². The van der Waals surface area contributed by atoms with Gasteiger partial charge in [-0.3, -0.25) is 4.79 Å². The lowest BCUT2D eigenvalue weighted by Crippen LogP contribution is -2.34. The van der Waals surface area contributed by atoms with Gasteiger partial charge in [-0.25, -0.2) is 9.18 Å². The maximum absolute atomic E-state index is 13.2. The molecule has 0 atom stereocenters. The summed E-state index contributed by atoms with van der Waals surface area (Å²) in [5, 5.41) is 0.